The summed E-state index contributed by atoms with van der Waals surface area (Å²) >= 11 is 9.77. The zero-order valence-corrected chi connectivity index (χ0v) is 10.9. The zero-order chi connectivity index (χ0) is 10.9. The van der Waals surface area contributed by atoms with Crippen LogP contribution in [-0.4, -0.2) is 10.2 Å². The molecule has 14 heavy (non-hydrogen) atoms. The SMILES string of the molecule is O=C(Cl)c1c(I)ncc(Br)c1C(F)F. The van der Waals surface area contributed by atoms with Gasteiger partial charge in [0, 0.05) is 16.2 Å². The van der Waals surface area contributed by atoms with Gasteiger partial charge in [-0.3, -0.25) is 4.79 Å². The number of pyridine rings is 1. The second-order valence-electron chi connectivity index (χ2n) is 2.26. The summed E-state index contributed by atoms with van der Waals surface area (Å²) in [7, 11) is 0. The van der Waals surface area contributed by atoms with E-state index in [2.05, 4.69) is 20.9 Å². The van der Waals surface area contributed by atoms with Crippen LogP contribution in [-0.2, 0) is 0 Å². The number of hydrogen-bond donors (Lipinski definition) is 0. The number of carbonyl (C=O) groups is 1. The molecular weight excluding hydrogens is 394 g/mol. The van der Waals surface area contributed by atoms with Crippen LogP contribution < -0.4 is 0 Å². The quantitative estimate of drug-likeness (QED) is 0.433. The number of rotatable bonds is 2. The second-order valence-corrected chi connectivity index (χ2v) is 4.48. The van der Waals surface area contributed by atoms with E-state index < -0.39 is 17.2 Å². The third kappa shape index (κ3) is 2.40. The van der Waals surface area contributed by atoms with Gasteiger partial charge in [0.05, 0.1) is 5.56 Å². The molecule has 0 fully saturated rings. The molecule has 0 aliphatic heterocycles. The van der Waals surface area contributed by atoms with Crippen LogP contribution in [0.15, 0.2) is 10.7 Å². The molecule has 2 nitrogen and oxygen atoms in total. The summed E-state index contributed by atoms with van der Waals surface area (Å²) in [6, 6.07) is 0. The highest BCUT2D eigenvalue weighted by Crippen LogP contribution is 2.32. The maximum Gasteiger partial charge on any atom is 0.265 e. The summed E-state index contributed by atoms with van der Waals surface area (Å²) in [5, 5.41) is -0.932. The lowest BCUT2D eigenvalue weighted by molar-refractivity contribution is 0.106. The Kier molecular flexibility index (Phi) is 4.20. The highest BCUT2D eigenvalue weighted by atomic mass is 127. The molecular formula is C7H2BrClF2INO. The number of carbonyl (C=O) groups excluding carboxylic acids is 1. The maximum absolute atomic E-state index is 12.6. The predicted octanol–water partition coefficient (Wildman–Crippen LogP) is 3.77. The van der Waals surface area contributed by atoms with E-state index in [1.165, 1.54) is 6.20 Å². The summed E-state index contributed by atoms with van der Waals surface area (Å²) in [5.74, 6) is 0. The minimum atomic E-state index is -2.77. The highest BCUT2D eigenvalue weighted by Gasteiger charge is 2.23. The van der Waals surface area contributed by atoms with Crippen LogP contribution in [0, 0.1) is 3.70 Å². The molecule has 0 radical (unpaired) electrons. The lowest BCUT2D eigenvalue weighted by atomic mass is 10.1. The van der Waals surface area contributed by atoms with Crippen molar-refractivity contribution in [2.45, 2.75) is 6.43 Å². The van der Waals surface area contributed by atoms with E-state index in [9.17, 15) is 13.6 Å². The van der Waals surface area contributed by atoms with Gasteiger partial charge in [0.25, 0.3) is 11.7 Å². The van der Waals surface area contributed by atoms with Crippen LogP contribution in [0.25, 0.3) is 0 Å². The zero-order valence-electron chi connectivity index (χ0n) is 6.40. The van der Waals surface area contributed by atoms with Gasteiger partial charge in [-0.15, -0.1) is 0 Å². The lowest BCUT2D eigenvalue weighted by Crippen LogP contribution is -2.04. The molecule has 0 bridgehead atoms. The third-order valence-corrected chi connectivity index (χ3v) is 3.08. The number of aromatic nitrogens is 1. The minimum absolute atomic E-state index is 0.0805. The van der Waals surface area contributed by atoms with Crippen molar-refractivity contribution < 1.29 is 13.6 Å². The van der Waals surface area contributed by atoms with Gasteiger partial charge in [0.15, 0.2) is 0 Å². The Bertz CT molecular complexity index is 388. The maximum atomic E-state index is 12.6. The first-order chi connectivity index (χ1) is 6.45. The normalized spacial score (nSPS) is 10.7. The van der Waals surface area contributed by atoms with Gasteiger partial charge in [-0.05, 0) is 50.1 Å². The summed E-state index contributed by atoms with van der Waals surface area (Å²) in [6.45, 7) is 0. The van der Waals surface area contributed by atoms with Crippen molar-refractivity contribution in [2.75, 3.05) is 0 Å². The van der Waals surface area contributed by atoms with Crippen LogP contribution in [0.2, 0.25) is 0 Å². The molecule has 76 valence electrons. The standard InChI is InChI=1S/C7H2BrClF2INO/c8-2-1-13-7(12)4(5(9)14)3(2)6(10)11/h1,6H. The molecule has 0 amide bonds. The third-order valence-electron chi connectivity index (χ3n) is 1.44. The Balaban J connectivity index is 3.50. The molecule has 1 aromatic heterocycles. The average Bonchev–Trinajstić information content (AvgIpc) is 2.07. The molecule has 1 heterocycles. The van der Waals surface area contributed by atoms with Gasteiger partial charge in [-0.2, -0.15) is 0 Å². The second kappa shape index (κ2) is 4.80. The van der Waals surface area contributed by atoms with Crippen molar-refractivity contribution in [2.24, 2.45) is 0 Å². The minimum Gasteiger partial charge on any atom is -0.275 e. The molecule has 0 spiro atoms. The van der Waals surface area contributed by atoms with E-state index in [-0.39, 0.29) is 13.7 Å². The Morgan fingerprint density at radius 2 is 2.21 bits per heavy atom. The van der Waals surface area contributed by atoms with Gasteiger partial charge < -0.3 is 0 Å². The first-order valence-electron chi connectivity index (χ1n) is 3.27. The molecule has 0 unspecified atom stereocenters. The molecule has 1 rings (SSSR count). The summed E-state index contributed by atoms with van der Waals surface area (Å²) in [4.78, 5) is 14.7. The Labute approximate surface area is 105 Å². The highest BCUT2D eigenvalue weighted by molar-refractivity contribution is 14.1. The first kappa shape index (κ1) is 12.3. The fraction of sp³-hybridized carbons (Fsp3) is 0.143. The lowest BCUT2D eigenvalue weighted by Gasteiger charge is -2.08. The largest absolute Gasteiger partial charge is 0.275 e. The van der Waals surface area contributed by atoms with Gasteiger partial charge in [-0.25, -0.2) is 13.8 Å². The molecule has 7 heteroatoms. The van der Waals surface area contributed by atoms with Crippen molar-refractivity contribution in [1.82, 2.24) is 4.98 Å². The van der Waals surface area contributed by atoms with Crippen molar-refractivity contribution in [1.29, 1.82) is 0 Å². The van der Waals surface area contributed by atoms with E-state index >= 15 is 0 Å². The smallest absolute Gasteiger partial charge is 0.265 e. The number of nitrogens with zero attached hydrogens (tertiary/aromatic N) is 1. The Morgan fingerprint density at radius 1 is 1.64 bits per heavy atom. The van der Waals surface area contributed by atoms with Crippen LogP contribution in [0.4, 0.5) is 8.78 Å². The number of hydrogen-bond acceptors (Lipinski definition) is 2. The Hall–Kier alpha value is 0.180. The van der Waals surface area contributed by atoms with E-state index in [1.54, 1.807) is 22.6 Å². The van der Waals surface area contributed by atoms with Crippen molar-refractivity contribution in [3.63, 3.8) is 0 Å². The van der Waals surface area contributed by atoms with Gasteiger partial charge in [0.1, 0.15) is 3.70 Å². The van der Waals surface area contributed by atoms with Gasteiger partial charge in [0.2, 0.25) is 0 Å². The van der Waals surface area contributed by atoms with Gasteiger partial charge >= 0.3 is 0 Å². The van der Waals surface area contributed by atoms with E-state index in [4.69, 9.17) is 11.6 Å². The average molecular weight is 396 g/mol. The van der Waals surface area contributed by atoms with Gasteiger partial charge in [-0.1, -0.05) is 0 Å². The molecule has 0 N–H and O–H groups in total. The topological polar surface area (TPSA) is 30.0 Å². The number of halogens is 5. The molecule has 0 aliphatic carbocycles. The summed E-state index contributed by atoms with van der Waals surface area (Å²) in [6.07, 6.45) is -1.55. The van der Waals surface area contributed by atoms with Crippen LogP contribution >= 0.6 is 50.1 Å². The molecule has 0 saturated heterocycles. The molecule has 0 atom stereocenters. The molecule has 0 saturated carbocycles. The van der Waals surface area contributed by atoms with E-state index in [0.29, 0.717) is 0 Å². The van der Waals surface area contributed by atoms with Crippen LogP contribution in [0.5, 0.6) is 0 Å². The fourth-order valence-corrected chi connectivity index (χ4v) is 2.38. The van der Waals surface area contributed by atoms with Crippen molar-refractivity contribution in [3.05, 3.63) is 25.5 Å². The number of alkyl halides is 2. The summed E-state index contributed by atoms with van der Waals surface area (Å²) in [5.41, 5.74) is -0.652. The monoisotopic (exact) mass is 395 g/mol. The van der Waals surface area contributed by atoms with Crippen LogP contribution in [0.1, 0.15) is 22.3 Å². The van der Waals surface area contributed by atoms with Crippen molar-refractivity contribution in [3.8, 4) is 0 Å². The van der Waals surface area contributed by atoms with E-state index in [0.717, 1.165) is 0 Å². The molecule has 0 aromatic carbocycles. The molecule has 1 aromatic rings. The fourth-order valence-electron chi connectivity index (χ4n) is 0.878. The predicted molar refractivity (Wildman–Crippen MR) is 59.8 cm³/mol. The van der Waals surface area contributed by atoms with Crippen molar-refractivity contribution >= 4 is 55.4 Å². The van der Waals surface area contributed by atoms with E-state index in [1.807, 2.05) is 0 Å². The first-order valence-corrected chi connectivity index (χ1v) is 5.52. The molecule has 0 aliphatic rings. The Morgan fingerprint density at radius 3 is 2.57 bits per heavy atom. The van der Waals surface area contributed by atoms with Crippen LogP contribution in [0.3, 0.4) is 0 Å². The summed E-state index contributed by atoms with van der Waals surface area (Å²) < 4.78 is 25.4.